The van der Waals surface area contributed by atoms with Crippen LogP contribution in [0.25, 0.3) is 0 Å². The quantitative estimate of drug-likeness (QED) is 0.611. The number of carbonyl (C=O) groups is 1. The van der Waals surface area contributed by atoms with E-state index in [1.54, 1.807) is 12.0 Å². The Hall–Kier alpha value is -2.01. The van der Waals surface area contributed by atoms with Crippen LogP contribution >= 0.6 is 15.9 Å². The molecule has 1 amide bonds. The molecule has 2 aromatic rings. The van der Waals surface area contributed by atoms with E-state index in [0.29, 0.717) is 0 Å². The molecule has 0 spiro atoms. The summed E-state index contributed by atoms with van der Waals surface area (Å²) in [5.41, 5.74) is 2.53. The number of anilines is 1. The van der Waals surface area contributed by atoms with Crippen molar-refractivity contribution in [1.82, 2.24) is 0 Å². The van der Waals surface area contributed by atoms with Crippen LogP contribution in [0.2, 0.25) is 0 Å². The van der Waals surface area contributed by atoms with Gasteiger partial charge in [0.25, 0.3) is 0 Å². The molecule has 0 saturated carbocycles. The summed E-state index contributed by atoms with van der Waals surface area (Å²) in [6, 6.07) is 13.9. The van der Waals surface area contributed by atoms with Crippen LogP contribution in [0.1, 0.15) is 44.4 Å². The number of benzene rings is 2. The SMILES string of the molecule is COc1cccc(C2CCc3ccc(Br)cc3N2C(=O)OC(C)(C)C)c1. The summed E-state index contributed by atoms with van der Waals surface area (Å²) in [5, 5.41) is 0. The van der Waals surface area contributed by atoms with Gasteiger partial charge in [0, 0.05) is 4.47 Å². The standard InChI is InChI=1S/C21H24BrNO3/c1-21(2,3)26-20(24)23-18(15-6-5-7-17(12-15)25-4)11-9-14-8-10-16(22)13-19(14)23/h5-8,10,12-13,18H,9,11H2,1-4H3. The van der Waals surface area contributed by atoms with Gasteiger partial charge in [-0.3, -0.25) is 4.90 Å². The Labute approximate surface area is 163 Å². The van der Waals surface area contributed by atoms with Gasteiger partial charge in [-0.25, -0.2) is 4.79 Å². The molecular weight excluding hydrogens is 394 g/mol. The fraction of sp³-hybridized carbons (Fsp3) is 0.381. The van der Waals surface area contributed by atoms with Gasteiger partial charge in [0.05, 0.1) is 18.8 Å². The lowest BCUT2D eigenvalue weighted by Crippen LogP contribution is -2.42. The Morgan fingerprint density at radius 1 is 1.19 bits per heavy atom. The van der Waals surface area contributed by atoms with E-state index in [9.17, 15) is 4.79 Å². The molecule has 138 valence electrons. The first-order valence-electron chi connectivity index (χ1n) is 8.73. The lowest BCUT2D eigenvalue weighted by Gasteiger charge is -2.38. The molecule has 0 bridgehead atoms. The van der Waals surface area contributed by atoms with Gasteiger partial charge in [0.15, 0.2) is 0 Å². The Bertz CT molecular complexity index is 813. The van der Waals surface area contributed by atoms with Crippen LogP contribution in [-0.4, -0.2) is 18.8 Å². The molecule has 0 radical (unpaired) electrons. The van der Waals surface area contributed by atoms with E-state index in [0.717, 1.165) is 39.9 Å². The first-order chi connectivity index (χ1) is 12.3. The second-order valence-electron chi connectivity index (χ2n) is 7.45. The van der Waals surface area contributed by atoms with Crippen LogP contribution in [0.15, 0.2) is 46.9 Å². The average Bonchev–Trinajstić information content (AvgIpc) is 2.59. The summed E-state index contributed by atoms with van der Waals surface area (Å²) < 4.78 is 12.0. The maximum absolute atomic E-state index is 13.1. The highest BCUT2D eigenvalue weighted by Gasteiger charge is 2.35. The second kappa shape index (κ2) is 7.31. The molecule has 0 N–H and O–H groups in total. The van der Waals surface area contributed by atoms with Crippen molar-refractivity contribution in [1.29, 1.82) is 0 Å². The predicted molar refractivity (Wildman–Crippen MR) is 107 cm³/mol. The van der Waals surface area contributed by atoms with Crippen molar-refractivity contribution in [3.63, 3.8) is 0 Å². The Morgan fingerprint density at radius 2 is 1.96 bits per heavy atom. The number of halogens is 1. The van der Waals surface area contributed by atoms with Gasteiger partial charge in [-0.05, 0) is 69.0 Å². The maximum atomic E-state index is 13.1. The highest BCUT2D eigenvalue weighted by molar-refractivity contribution is 9.10. The van der Waals surface area contributed by atoms with Crippen molar-refractivity contribution < 1.29 is 14.3 Å². The molecule has 0 saturated heterocycles. The summed E-state index contributed by atoms with van der Waals surface area (Å²) >= 11 is 3.53. The summed E-state index contributed by atoms with van der Waals surface area (Å²) in [6.45, 7) is 5.66. The zero-order valence-corrected chi connectivity index (χ0v) is 17.2. The van der Waals surface area contributed by atoms with E-state index >= 15 is 0 Å². The zero-order valence-electron chi connectivity index (χ0n) is 15.6. The van der Waals surface area contributed by atoms with Crippen LogP contribution in [0, 0.1) is 0 Å². The number of hydrogen-bond donors (Lipinski definition) is 0. The normalized spacial score (nSPS) is 16.8. The van der Waals surface area contributed by atoms with Crippen LogP contribution in [-0.2, 0) is 11.2 Å². The number of hydrogen-bond acceptors (Lipinski definition) is 3. The minimum atomic E-state index is -0.556. The van der Waals surface area contributed by atoms with Crippen LogP contribution in [0.4, 0.5) is 10.5 Å². The van der Waals surface area contributed by atoms with Gasteiger partial charge in [-0.2, -0.15) is 0 Å². The Morgan fingerprint density at radius 3 is 2.65 bits per heavy atom. The number of rotatable bonds is 2. The monoisotopic (exact) mass is 417 g/mol. The fourth-order valence-electron chi connectivity index (χ4n) is 3.26. The molecule has 1 aliphatic rings. The van der Waals surface area contributed by atoms with Crippen molar-refractivity contribution in [3.8, 4) is 5.75 Å². The average molecular weight is 418 g/mol. The third-order valence-corrected chi connectivity index (χ3v) is 4.87. The third kappa shape index (κ3) is 4.04. The van der Waals surface area contributed by atoms with Crippen LogP contribution in [0.5, 0.6) is 5.75 Å². The van der Waals surface area contributed by atoms with Crippen LogP contribution in [0.3, 0.4) is 0 Å². The molecule has 2 aromatic carbocycles. The number of aryl methyl sites for hydroxylation is 1. The van der Waals surface area contributed by atoms with Gasteiger partial charge < -0.3 is 9.47 Å². The Kier molecular flexibility index (Phi) is 5.28. The number of fused-ring (bicyclic) bond motifs is 1. The van der Waals surface area contributed by atoms with Gasteiger partial charge in [0.2, 0.25) is 0 Å². The highest BCUT2D eigenvalue weighted by atomic mass is 79.9. The molecule has 26 heavy (non-hydrogen) atoms. The lowest BCUT2D eigenvalue weighted by molar-refractivity contribution is 0.0560. The molecule has 0 aliphatic carbocycles. The van der Waals surface area contributed by atoms with E-state index in [1.807, 2.05) is 57.2 Å². The van der Waals surface area contributed by atoms with Crippen molar-refractivity contribution in [2.24, 2.45) is 0 Å². The number of nitrogens with zero attached hydrogens (tertiary/aromatic N) is 1. The molecule has 1 heterocycles. The second-order valence-corrected chi connectivity index (χ2v) is 8.37. The molecule has 0 aromatic heterocycles. The van der Waals surface area contributed by atoms with E-state index in [4.69, 9.17) is 9.47 Å². The molecule has 1 unspecified atom stereocenters. The van der Waals surface area contributed by atoms with Crippen LogP contribution < -0.4 is 9.64 Å². The van der Waals surface area contributed by atoms with Crippen molar-refractivity contribution in [2.75, 3.05) is 12.0 Å². The van der Waals surface area contributed by atoms with E-state index in [2.05, 4.69) is 22.0 Å². The summed E-state index contributed by atoms with van der Waals surface area (Å²) in [5.74, 6) is 0.784. The van der Waals surface area contributed by atoms with E-state index in [-0.39, 0.29) is 12.1 Å². The minimum Gasteiger partial charge on any atom is -0.497 e. The van der Waals surface area contributed by atoms with Gasteiger partial charge >= 0.3 is 6.09 Å². The molecule has 5 heteroatoms. The molecule has 1 atom stereocenters. The largest absolute Gasteiger partial charge is 0.497 e. The molecular formula is C21H24BrNO3. The van der Waals surface area contributed by atoms with E-state index < -0.39 is 5.60 Å². The number of methoxy groups -OCH3 is 1. The first kappa shape index (κ1) is 18.8. The molecule has 0 fully saturated rings. The zero-order chi connectivity index (χ0) is 18.9. The smallest absolute Gasteiger partial charge is 0.415 e. The lowest BCUT2D eigenvalue weighted by atomic mass is 9.91. The van der Waals surface area contributed by atoms with Crippen molar-refractivity contribution in [3.05, 3.63) is 58.1 Å². The highest BCUT2D eigenvalue weighted by Crippen LogP contribution is 2.41. The first-order valence-corrected chi connectivity index (χ1v) is 9.52. The van der Waals surface area contributed by atoms with Gasteiger partial charge in [-0.15, -0.1) is 0 Å². The molecule has 3 rings (SSSR count). The number of amides is 1. The van der Waals surface area contributed by atoms with Gasteiger partial charge in [0.1, 0.15) is 11.4 Å². The number of carbonyl (C=O) groups excluding carboxylic acids is 1. The minimum absolute atomic E-state index is 0.0956. The van der Waals surface area contributed by atoms with Gasteiger partial charge in [-0.1, -0.05) is 34.1 Å². The predicted octanol–water partition coefficient (Wildman–Crippen LogP) is 5.89. The molecule has 1 aliphatic heterocycles. The number of ether oxygens (including phenoxy) is 2. The third-order valence-electron chi connectivity index (χ3n) is 4.37. The van der Waals surface area contributed by atoms with E-state index in [1.165, 1.54) is 0 Å². The van der Waals surface area contributed by atoms with Crippen molar-refractivity contribution in [2.45, 2.75) is 45.3 Å². The maximum Gasteiger partial charge on any atom is 0.415 e. The topological polar surface area (TPSA) is 38.8 Å². The summed E-state index contributed by atoms with van der Waals surface area (Å²) in [4.78, 5) is 14.9. The Balaban J connectivity index is 2.06. The summed E-state index contributed by atoms with van der Waals surface area (Å²) in [7, 11) is 1.65. The molecule has 4 nitrogen and oxygen atoms in total. The summed E-state index contributed by atoms with van der Waals surface area (Å²) in [6.07, 6.45) is 1.41. The van der Waals surface area contributed by atoms with Crippen molar-refractivity contribution >= 4 is 27.7 Å². The fourth-order valence-corrected chi connectivity index (χ4v) is 3.61.